The van der Waals surface area contributed by atoms with Crippen LogP contribution < -0.4 is 10.1 Å². The van der Waals surface area contributed by atoms with E-state index in [0.29, 0.717) is 26.1 Å². The Bertz CT molecular complexity index is 547. The van der Waals surface area contributed by atoms with Gasteiger partial charge < -0.3 is 19.9 Å². The van der Waals surface area contributed by atoms with Crippen molar-refractivity contribution >= 4 is 5.91 Å². The minimum atomic E-state index is -0.842. The smallest absolute Gasteiger partial charge is 0.230 e. The predicted octanol–water partition coefficient (Wildman–Crippen LogP) is 1.38. The van der Waals surface area contributed by atoms with Crippen molar-refractivity contribution in [1.82, 2.24) is 5.32 Å². The third-order valence-corrected chi connectivity index (χ3v) is 4.81. The van der Waals surface area contributed by atoms with Gasteiger partial charge in [0.05, 0.1) is 18.1 Å². The van der Waals surface area contributed by atoms with Crippen LogP contribution >= 0.6 is 0 Å². The summed E-state index contributed by atoms with van der Waals surface area (Å²) in [6.45, 7) is 1.38. The molecule has 0 radical (unpaired) electrons. The Hall–Kier alpha value is -1.59. The Morgan fingerprint density at radius 2 is 1.95 bits per heavy atom. The number of hydrogen-bond acceptors (Lipinski definition) is 4. The quantitative estimate of drug-likeness (QED) is 0.862. The molecule has 2 fully saturated rings. The number of amides is 1. The van der Waals surface area contributed by atoms with Crippen molar-refractivity contribution in [1.29, 1.82) is 0 Å². The maximum Gasteiger partial charge on any atom is 0.230 e. The van der Waals surface area contributed by atoms with Gasteiger partial charge in [-0.15, -0.1) is 0 Å². The van der Waals surface area contributed by atoms with Gasteiger partial charge in [0, 0.05) is 38.2 Å². The van der Waals surface area contributed by atoms with Crippen LogP contribution in [0.15, 0.2) is 24.3 Å². The van der Waals surface area contributed by atoms with Gasteiger partial charge in [0.2, 0.25) is 5.91 Å². The summed E-state index contributed by atoms with van der Waals surface area (Å²) in [5.74, 6) is 0.733. The van der Waals surface area contributed by atoms with E-state index in [9.17, 15) is 9.90 Å². The summed E-state index contributed by atoms with van der Waals surface area (Å²) in [6, 6.07) is 7.67. The van der Waals surface area contributed by atoms with E-state index >= 15 is 0 Å². The van der Waals surface area contributed by atoms with Crippen molar-refractivity contribution in [3.05, 3.63) is 29.8 Å². The molecule has 120 valence electrons. The Morgan fingerprint density at radius 3 is 2.59 bits per heavy atom. The molecule has 1 amide bonds. The number of rotatable bonds is 5. The lowest BCUT2D eigenvalue weighted by molar-refractivity contribution is -0.126. The molecular formula is C17H23NO4. The van der Waals surface area contributed by atoms with Gasteiger partial charge in [-0.05, 0) is 18.9 Å². The fourth-order valence-electron chi connectivity index (χ4n) is 3.13. The van der Waals surface area contributed by atoms with E-state index in [1.165, 1.54) is 0 Å². The van der Waals surface area contributed by atoms with Crippen LogP contribution in [0.4, 0.5) is 0 Å². The molecule has 2 aliphatic rings. The molecular weight excluding hydrogens is 282 g/mol. The van der Waals surface area contributed by atoms with Gasteiger partial charge in [-0.1, -0.05) is 18.2 Å². The second-order valence-corrected chi connectivity index (χ2v) is 6.30. The highest BCUT2D eigenvalue weighted by atomic mass is 16.5. The first-order chi connectivity index (χ1) is 10.6. The molecule has 1 saturated carbocycles. The van der Waals surface area contributed by atoms with Crippen molar-refractivity contribution in [3.8, 4) is 5.75 Å². The first-order valence-electron chi connectivity index (χ1n) is 7.82. The summed E-state index contributed by atoms with van der Waals surface area (Å²) in [5, 5.41) is 13.4. The highest BCUT2D eigenvalue weighted by Crippen LogP contribution is 2.51. The van der Waals surface area contributed by atoms with Crippen molar-refractivity contribution in [2.75, 3.05) is 26.9 Å². The number of para-hydroxylation sites is 1. The predicted molar refractivity (Wildman–Crippen MR) is 81.9 cm³/mol. The number of aliphatic hydroxyl groups is 1. The fraction of sp³-hybridized carbons (Fsp3) is 0.588. The van der Waals surface area contributed by atoms with Gasteiger partial charge >= 0.3 is 0 Å². The summed E-state index contributed by atoms with van der Waals surface area (Å²) in [4.78, 5) is 12.7. The van der Waals surface area contributed by atoms with E-state index in [2.05, 4.69) is 5.32 Å². The van der Waals surface area contributed by atoms with Gasteiger partial charge in [0.1, 0.15) is 5.75 Å². The SMILES string of the molecule is COc1ccccc1C1(C(=O)NCC2(O)CCOCC2)CC1. The third-order valence-electron chi connectivity index (χ3n) is 4.81. The lowest BCUT2D eigenvalue weighted by Crippen LogP contribution is -2.48. The van der Waals surface area contributed by atoms with Gasteiger partial charge in [0.15, 0.2) is 0 Å². The lowest BCUT2D eigenvalue weighted by atomic mass is 9.91. The van der Waals surface area contributed by atoms with Crippen LogP contribution in [-0.2, 0) is 14.9 Å². The maximum atomic E-state index is 12.7. The van der Waals surface area contributed by atoms with Crippen LogP contribution in [0.1, 0.15) is 31.2 Å². The molecule has 5 nitrogen and oxygen atoms in total. The van der Waals surface area contributed by atoms with Crippen LogP contribution in [0.3, 0.4) is 0 Å². The van der Waals surface area contributed by atoms with E-state index in [0.717, 1.165) is 24.2 Å². The molecule has 1 aliphatic heterocycles. The van der Waals surface area contributed by atoms with Crippen molar-refractivity contribution < 1.29 is 19.4 Å². The molecule has 5 heteroatoms. The normalized spacial score (nSPS) is 21.9. The molecule has 1 saturated heterocycles. The molecule has 0 unspecified atom stereocenters. The Labute approximate surface area is 130 Å². The number of methoxy groups -OCH3 is 1. The molecule has 1 aromatic carbocycles. The first kappa shape index (κ1) is 15.3. The van der Waals surface area contributed by atoms with Crippen LogP contribution in [-0.4, -0.2) is 43.5 Å². The van der Waals surface area contributed by atoms with Gasteiger partial charge in [-0.25, -0.2) is 0 Å². The minimum absolute atomic E-state index is 0.0167. The molecule has 0 bridgehead atoms. The monoisotopic (exact) mass is 305 g/mol. The molecule has 0 atom stereocenters. The van der Waals surface area contributed by atoms with Crippen molar-refractivity contribution in [3.63, 3.8) is 0 Å². The average molecular weight is 305 g/mol. The summed E-state index contributed by atoms with van der Waals surface area (Å²) < 4.78 is 10.7. The van der Waals surface area contributed by atoms with E-state index in [4.69, 9.17) is 9.47 Å². The third kappa shape index (κ3) is 2.83. The standard InChI is InChI=1S/C17H23NO4/c1-21-14-5-3-2-4-13(14)17(6-7-17)15(19)18-12-16(20)8-10-22-11-9-16/h2-5,20H,6-12H2,1H3,(H,18,19). The van der Waals surface area contributed by atoms with Crippen molar-refractivity contribution in [2.24, 2.45) is 0 Å². The van der Waals surface area contributed by atoms with Crippen LogP contribution in [0.5, 0.6) is 5.75 Å². The highest BCUT2D eigenvalue weighted by molar-refractivity contribution is 5.92. The topological polar surface area (TPSA) is 67.8 Å². The molecule has 22 heavy (non-hydrogen) atoms. The second-order valence-electron chi connectivity index (χ2n) is 6.30. The van der Waals surface area contributed by atoms with Gasteiger partial charge in [0.25, 0.3) is 0 Å². The molecule has 2 N–H and O–H groups in total. The van der Waals surface area contributed by atoms with Crippen LogP contribution in [0.2, 0.25) is 0 Å². The Morgan fingerprint density at radius 1 is 1.27 bits per heavy atom. The molecule has 1 aromatic rings. The average Bonchev–Trinajstić information content (AvgIpc) is 3.35. The maximum absolute atomic E-state index is 12.7. The number of nitrogens with one attached hydrogen (secondary N) is 1. The Balaban J connectivity index is 1.69. The van der Waals surface area contributed by atoms with Crippen LogP contribution in [0.25, 0.3) is 0 Å². The number of benzene rings is 1. The zero-order chi connectivity index (χ0) is 15.6. The Kier molecular flexibility index (Phi) is 4.10. The molecule has 1 aliphatic carbocycles. The number of ether oxygens (including phenoxy) is 2. The molecule has 0 spiro atoms. The van der Waals surface area contributed by atoms with Gasteiger partial charge in [-0.2, -0.15) is 0 Å². The van der Waals surface area contributed by atoms with Crippen LogP contribution in [0, 0.1) is 0 Å². The molecule has 1 heterocycles. The molecule has 3 rings (SSSR count). The summed E-state index contributed by atoms with van der Waals surface area (Å²) in [7, 11) is 1.62. The second kappa shape index (κ2) is 5.89. The van der Waals surface area contributed by atoms with E-state index in [-0.39, 0.29) is 12.5 Å². The van der Waals surface area contributed by atoms with E-state index in [1.807, 2.05) is 24.3 Å². The van der Waals surface area contributed by atoms with E-state index in [1.54, 1.807) is 7.11 Å². The summed E-state index contributed by atoms with van der Waals surface area (Å²) in [6.07, 6.45) is 2.77. The zero-order valence-electron chi connectivity index (χ0n) is 12.9. The largest absolute Gasteiger partial charge is 0.496 e. The fourth-order valence-corrected chi connectivity index (χ4v) is 3.13. The minimum Gasteiger partial charge on any atom is -0.496 e. The molecule has 0 aromatic heterocycles. The number of carbonyl (C=O) groups is 1. The zero-order valence-corrected chi connectivity index (χ0v) is 12.9. The number of hydrogen-bond donors (Lipinski definition) is 2. The number of carbonyl (C=O) groups excluding carboxylic acids is 1. The summed E-state index contributed by atoms with van der Waals surface area (Å²) in [5.41, 5.74) is -0.396. The van der Waals surface area contributed by atoms with E-state index < -0.39 is 11.0 Å². The van der Waals surface area contributed by atoms with Gasteiger partial charge in [-0.3, -0.25) is 4.79 Å². The summed E-state index contributed by atoms with van der Waals surface area (Å²) >= 11 is 0. The lowest BCUT2D eigenvalue weighted by Gasteiger charge is -2.32. The van der Waals surface area contributed by atoms with Crippen molar-refractivity contribution in [2.45, 2.75) is 36.7 Å². The first-order valence-corrected chi connectivity index (χ1v) is 7.82. The highest BCUT2D eigenvalue weighted by Gasteiger charge is 2.53.